The molecule has 0 unspecified atom stereocenters. The van der Waals surface area contributed by atoms with E-state index >= 15 is 0 Å². The predicted molar refractivity (Wildman–Crippen MR) is 76.5 cm³/mol. The summed E-state index contributed by atoms with van der Waals surface area (Å²) in [6.45, 7) is 6.66. The smallest absolute Gasteiger partial charge is 0.255 e. The Morgan fingerprint density at radius 1 is 1.47 bits per heavy atom. The summed E-state index contributed by atoms with van der Waals surface area (Å²) in [5.41, 5.74) is 1.44. The molecule has 5 nitrogen and oxygen atoms in total. The van der Waals surface area contributed by atoms with Gasteiger partial charge in [-0.3, -0.25) is 9.78 Å². The lowest BCUT2D eigenvalue weighted by atomic mass is 10.2. The maximum atomic E-state index is 12.3. The van der Waals surface area contributed by atoms with Gasteiger partial charge in [0.15, 0.2) is 0 Å². The molecule has 0 saturated heterocycles. The van der Waals surface area contributed by atoms with Gasteiger partial charge in [0.25, 0.3) is 5.91 Å². The second-order valence-electron chi connectivity index (χ2n) is 4.27. The second-order valence-corrected chi connectivity index (χ2v) is 4.27. The highest BCUT2D eigenvalue weighted by Gasteiger charge is 2.15. The highest BCUT2D eigenvalue weighted by atomic mass is 16.5. The Morgan fingerprint density at radius 3 is 2.95 bits per heavy atom. The lowest BCUT2D eigenvalue weighted by Crippen LogP contribution is -2.30. The van der Waals surface area contributed by atoms with Gasteiger partial charge < -0.3 is 15.0 Å². The van der Waals surface area contributed by atoms with E-state index in [4.69, 9.17) is 4.74 Å². The Kier molecular flexibility index (Phi) is 6.89. The molecule has 0 aliphatic heterocycles. The molecule has 0 atom stereocenters. The van der Waals surface area contributed by atoms with Crippen LogP contribution in [0.3, 0.4) is 0 Å². The number of rotatable bonds is 8. The minimum atomic E-state index is -0.0132. The molecule has 0 fully saturated rings. The minimum Gasteiger partial charge on any atom is -0.383 e. The van der Waals surface area contributed by atoms with Crippen molar-refractivity contribution in [2.75, 3.05) is 38.7 Å². The van der Waals surface area contributed by atoms with Crippen molar-refractivity contribution in [3.8, 4) is 0 Å². The third-order valence-electron chi connectivity index (χ3n) is 2.74. The molecular weight excluding hydrogens is 242 g/mol. The molecule has 0 radical (unpaired) electrons. The van der Waals surface area contributed by atoms with Crippen LogP contribution in [0.25, 0.3) is 0 Å². The topological polar surface area (TPSA) is 54.5 Å². The molecule has 19 heavy (non-hydrogen) atoms. The number of nitrogens with zero attached hydrogens (tertiary/aromatic N) is 2. The van der Waals surface area contributed by atoms with Crippen LogP contribution in [-0.4, -0.2) is 49.1 Å². The van der Waals surface area contributed by atoms with Gasteiger partial charge in [0.05, 0.1) is 24.1 Å². The standard InChI is InChI=1S/C14H23N3O2/c1-4-7-16-13-11-15-8-6-12(13)14(18)17(3)9-10-19-5-2/h6,8,11,16H,4-5,7,9-10H2,1-3H3. The molecule has 106 valence electrons. The molecule has 1 heterocycles. The molecule has 1 amide bonds. The fourth-order valence-corrected chi connectivity index (χ4v) is 1.63. The minimum absolute atomic E-state index is 0.0132. The van der Waals surface area contributed by atoms with Crippen molar-refractivity contribution in [1.29, 1.82) is 0 Å². The monoisotopic (exact) mass is 265 g/mol. The van der Waals surface area contributed by atoms with Crippen LogP contribution in [0, 0.1) is 0 Å². The van der Waals surface area contributed by atoms with Crippen LogP contribution in [-0.2, 0) is 4.74 Å². The lowest BCUT2D eigenvalue weighted by Gasteiger charge is -2.19. The number of amides is 1. The molecule has 1 rings (SSSR count). The van der Waals surface area contributed by atoms with Crippen molar-refractivity contribution >= 4 is 11.6 Å². The van der Waals surface area contributed by atoms with E-state index in [1.54, 1.807) is 30.4 Å². The SMILES string of the molecule is CCCNc1cnccc1C(=O)N(C)CCOCC. The summed E-state index contributed by atoms with van der Waals surface area (Å²) < 4.78 is 5.26. The van der Waals surface area contributed by atoms with Crippen LogP contribution in [0.4, 0.5) is 5.69 Å². The van der Waals surface area contributed by atoms with Gasteiger partial charge in [-0.25, -0.2) is 0 Å². The van der Waals surface area contributed by atoms with Gasteiger partial charge in [0.1, 0.15) is 0 Å². The summed E-state index contributed by atoms with van der Waals surface area (Å²) in [4.78, 5) is 18.1. The number of hydrogen-bond donors (Lipinski definition) is 1. The van der Waals surface area contributed by atoms with E-state index in [1.165, 1.54) is 0 Å². The van der Waals surface area contributed by atoms with E-state index in [9.17, 15) is 4.79 Å². The summed E-state index contributed by atoms with van der Waals surface area (Å²) in [6, 6.07) is 1.75. The first-order valence-corrected chi connectivity index (χ1v) is 6.71. The number of nitrogens with one attached hydrogen (secondary N) is 1. The van der Waals surface area contributed by atoms with Crippen LogP contribution < -0.4 is 5.32 Å². The van der Waals surface area contributed by atoms with Crippen molar-refractivity contribution in [3.05, 3.63) is 24.0 Å². The summed E-state index contributed by atoms with van der Waals surface area (Å²) in [7, 11) is 1.78. The Bertz CT molecular complexity index is 396. The Hall–Kier alpha value is -1.62. The van der Waals surface area contributed by atoms with Crippen molar-refractivity contribution in [3.63, 3.8) is 0 Å². The average Bonchev–Trinajstić information content (AvgIpc) is 2.44. The third-order valence-corrected chi connectivity index (χ3v) is 2.74. The van der Waals surface area contributed by atoms with Crippen LogP contribution >= 0.6 is 0 Å². The van der Waals surface area contributed by atoms with Gasteiger partial charge >= 0.3 is 0 Å². The van der Waals surface area contributed by atoms with Gasteiger partial charge in [-0.05, 0) is 19.4 Å². The van der Waals surface area contributed by atoms with Crippen LogP contribution in [0.15, 0.2) is 18.5 Å². The first-order valence-electron chi connectivity index (χ1n) is 6.71. The molecule has 0 aromatic carbocycles. The number of hydrogen-bond acceptors (Lipinski definition) is 4. The number of carbonyl (C=O) groups excluding carboxylic acids is 1. The number of likely N-dealkylation sites (N-methyl/N-ethyl adjacent to an activating group) is 1. The fraction of sp³-hybridized carbons (Fsp3) is 0.571. The molecular formula is C14H23N3O2. The largest absolute Gasteiger partial charge is 0.383 e. The zero-order chi connectivity index (χ0) is 14.1. The van der Waals surface area contributed by atoms with Crippen LogP contribution in [0.1, 0.15) is 30.6 Å². The highest BCUT2D eigenvalue weighted by Crippen LogP contribution is 2.15. The molecule has 0 saturated carbocycles. The van der Waals surface area contributed by atoms with Crippen molar-refractivity contribution in [2.24, 2.45) is 0 Å². The van der Waals surface area contributed by atoms with E-state index in [0.717, 1.165) is 18.7 Å². The Morgan fingerprint density at radius 2 is 2.26 bits per heavy atom. The zero-order valence-corrected chi connectivity index (χ0v) is 12.0. The van der Waals surface area contributed by atoms with Gasteiger partial charge in [-0.1, -0.05) is 6.92 Å². The van der Waals surface area contributed by atoms with E-state index in [0.29, 0.717) is 25.3 Å². The molecule has 0 aliphatic carbocycles. The zero-order valence-electron chi connectivity index (χ0n) is 12.0. The van der Waals surface area contributed by atoms with E-state index in [1.807, 2.05) is 6.92 Å². The number of pyridine rings is 1. The number of carbonyl (C=O) groups is 1. The number of ether oxygens (including phenoxy) is 1. The maximum absolute atomic E-state index is 12.3. The predicted octanol–water partition coefficient (Wildman–Crippen LogP) is 2.01. The molecule has 1 aromatic rings. The maximum Gasteiger partial charge on any atom is 0.255 e. The molecule has 1 aromatic heterocycles. The molecule has 5 heteroatoms. The van der Waals surface area contributed by atoms with Crippen molar-refractivity contribution in [2.45, 2.75) is 20.3 Å². The highest BCUT2D eigenvalue weighted by molar-refractivity contribution is 5.99. The van der Waals surface area contributed by atoms with Gasteiger partial charge in [-0.2, -0.15) is 0 Å². The number of anilines is 1. The normalized spacial score (nSPS) is 10.3. The van der Waals surface area contributed by atoms with Crippen LogP contribution in [0.5, 0.6) is 0 Å². The van der Waals surface area contributed by atoms with Gasteiger partial charge in [0, 0.05) is 32.9 Å². The summed E-state index contributed by atoms with van der Waals surface area (Å²) >= 11 is 0. The first kappa shape index (κ1) is 15.4. The van der Waals surface area contributed by atoms with Crippen molar-refractivity contribution in [1.82, 2.24) is 9.88 Å². The average molecular weight is 265 g/mol. The number of aromatic nitrogens is 1. The summed E-state index contributed by atoms with van der Waals surface area (Å²) in [5, 5.41) is 3.22. The van der Waals surface area contributed by atoms with E-state index in [2.05, 4.69) is 17.2 Å². The molecule has 0 aliphatic rings. The molecule has 0 spiro atoms. The Labute approximate surface area is 115 Å². The quantitative estimate of drug-likeness (QED) is 0.731. The van der Waals surface area contributed by atoms with E-state index in [-0.39, 0.29) is 5.91 Å². The van der Waals surface area contributed by atoms with E-state index < -0.39 is 0 Å². The Balaban J connectivity index is 2.69. The van der Waals surface area contributed by atoms with Gasteiger partial charge in [0.2, 0.25) is 0 Å². The van der Waals surface area contributed by atoms with Crippen molar-refractivity contribution < 1.29 is 9.53 Å². The second kappa shape index (κ2) is 8.48. The van der Waals surface area contributed by atoms with Crippen LogP contribution in [0.2, 0.25) is 0 Å². The third kappa shape index (κ3) is 4.87. The summed E-state index contributed by atoms with van der Waals surface area (Å²) in [5.74, 6) is -0.0132. The fourth-order valence-electron chi connectivity index (χ4n) is 1.63. The van der Waals surface area contributed by atoms with Gasteiger partial charge in [-0.15, -0.1) is 0 Å². The molecule has 0 bridgehead atoms. The molecule has 1 N–H and O–H groups in total. The first-order chi connectivity index (χ1) is 9.20. The summed E-state index contributed by atoms with van der Waals surface area (Å²) in [6.07, 6.45) is 4.34. The lowest BCUT2D eigenvalue weighted by molar-refractivity contribution is 0.0710.